The van der Waals surface area contributed by atoms with Crippen LogP contribution in [0, 0.1) is 0 Å². The van der Waals surface area contributed by atoms with E-state index in [0.29, 0.717) is 23.3 Å². The van der Waals surface area contributed by atoms with Gasteiger partial charge in [-0.05, 0) is 48.7 Å². The first-order valence-corrected chi connectivity index (χ1v) is 12.6. The molecule has 0 atom stereocenters. The summed E-state index contributed by atoms with van der Waals surface area (Å²) in [6.07, 6.45) is 8.62. The molecule has 0 bridgehead atoms. The molecule has 5 rings (SSSR count). The summed E-state index contributed by atoms with van der Waals surface area (Å²) in [7, 11) is 1.43. The van der Waals surface area contributed by atoms with Crippen molar-refractivity contribution in [2.45, 2.75) is 43.9 Å². The summed E-state index contributed by atoms with van der Waals surface area (Å²) in [6.45, 7) is 0.0450. The number of phenols is 2. The third kappa shape index (κ3) is 4.31. The molecule has 0 radical (unpaired) electrons. The SMILES string of the molecule is COc1c(O)c(C2(c3cc[nH]c3)CCCCC2)c2oc(-c3ccc(O)cc3)cc(=O)c2c1OCCCO. The molecule has 0 saturated heterocycles. The number of aliphatic hydroxyl groups is 1. The summed E-state index contributed by atoms with van der Waals surface area (Å²) < 4.78 is 18.0. The van der Waals surface area contributed by atoms with Gasteiger partial charge in [0.2, 0.25) is 5.75 Å². The van der Waals surface area contributed by atoms with Gasteiger partial charge in [-0.1, -0.05) is 19.3 Å². The molecule has 1 aliphatic rings. The van der Waals surface area contributed by atoms with Gasteiger partial charge in [-0.25, -0.2) is 0 Å². The molecule has 0 amide bonds. The van der Waals surface area contributed by atoms with E-state index >= 15 is 0 Å². The molecule has 1 fully saturated rings. The van der Waals surface area contributed by atoms with Gasteiger partial charge in [0, 0.05) is 42.5 Å². The van der Waals surface area contributed by atoms with E-state index in [1.165, 1.54) is 25.3 Å². The quantitative estimate of drug-likeness (QED) is 0.242. The fourth-order valence-electron chi connectivity index (χ4n) is 5.56. The van der Waals surface area contributed by atoms with E-state index in [0.717, 1.165) is 37.7 Å². The lowest BCUT2D eigenvalue weighted by atomic mass is 9.65. The highest BCUT2D eigenvalue weighted by Crippen LogP contribution is 2.55. The van der Waals surface area contributed by atoms with Gasteiger partial charge in [-0.15, -0.1) is 0 Å². The van der Waals surface area contributed by atoms with Gasteiger partial charge >= 0.3 is 0 Å². The number of rotatable bonds is 8. The van der Waals surface area contributed by atoms with Gasteiger partial charge in [0.15, 0.2) is 16.9 Å². The van der Waals surface area contributed by atoms with E-state index in [9.17, 15) is 20.1 Å². The average molecular weight is 506 g/mol. The van der Waals surface area contributed by atoms with Crippen LogP contribution >= 0.6 is 0 Å². The molecule has 1 saturated carbocycles. The third-order valence-corrected chi connectivity index (χ3v) is 7.30. The molecule has 4 aromatic rings. The molecule has 1 aliphatic carbocycles. The number of aromatic amines is 1. The summed E-state index contributed by atoms with van der Waals surface area (Å²) >= 11 is 0. The largest absolute Gasteiger partial charge is 0.508 e. The maximum atomic E-state index is 13.7. The van der Waals surface area contributed by atoms with Gasteiger partial charge in [0.05, 0.1) is 19.3 Å². The van der Waals surface area contributed by atoms with Crippen molar-refractivity contribution in [2.75, 3.05) is 20.3 Å². The first-order valence-electron chi connectivity index (χ1n) is 12.6. The van der Waals surface area contributed by atoms with E-state index in [1.807, 2.05) is 18.5 Å². The van der Waals surface area contributed by atoms with Crippen LogP contribution in [0.1, 0.15) is 49.7 Å². The number of H-pyrrole nitrogens is 1. The zero-order valence-electron chi connectivity index (χ0n) is 20.8. The monoisotopic (exact) mass is 505 g/mol. The predicted molar refractivity (Wildman–Crippen MR) is 140 cm³/mol. The molecule has 8 nitrogen and oxygen atoms in total. The lowest BCUT2D eigenvalue weighted by Gasteiger charge is -2.38. The highest BCUT2D eigenvalue weighted by atomic mass is 16.5. The number of phenolic OH excluding ortho intramolecular Hbond substituents is 2. The number of methoxy groups -OCH3 is 1. The van der Waals surface area contributed by atoms with Gasteiger partial charge in [-0.2, -0.15) is 0 Å². The summed E-state index contributed by atoms with van der Waals surface area (Å²) in [5.74, 6) is 0.458. The minimum atomic E-state index is -0.610. The Labute approximate surface area is 214 Å². The van der Waals surface area contributed by atoms with Gasteiger partial charge in [-0.3, -0.25) is 4.79 Å². The summed E-state index contributed by atoms with van der Waals surface area (Å²) in [4.78, 5) is 16.9. The van der Waals surface area contributed by atoms with Crippen LogP contribution in [-0.4, -0.2) is 40.6 Å². The molecule has 0 unspecified atom stereocenters. The van der Waals surface area contributed by atoms with Gasteiger partial charge < -0.3 is 34.2 Å². The zero-order valence-corrected chi connectivity index (χ0v) is 20.8. The molecule has 0 spiro atoms. The Morgan fingerprint density at radius 1 is 1.05 bits per heavy atom. The van der Waals surface area contributed by atoms with Gasteiger partial charge in [0.1, 0.15) is 22.5 Å². The Kier molecular flexibility index (Phi) is 6.84. The maximum absolute atomic E-state index is 13.7. The molecule has 2 aromatic carbocycles. The Hall–Kier alpha value is -3.91. The standard InChI is InChI=1S/C29H31NO7/c1-35-28-25(34)24(29(11-3-2-4-12-29)19-10-13-30-17-19)26-23(27(28)36-15-5-14-31)21(33)16-22(37-26)18-6-8-20(32)9-7-18/h6-10,13,16-17,30-32,34H,2-5,11-12,14-15H2,1H3. The Bertz CT molecular complexity index is 1430. The molecule has 0 aliphatic heterocycles. The van der Waals surface area contributed by atoms with E-state index in [1.54, 1.807) is 12.1 Å². The van der Waals surface area contributed by atoms with E-state index in [2.05, 4.69) is 4.98 Å². The van der Waals surface area contributed by atoms with Crippen LogP contribution in [0.25, 0.3) is 22.3 Å². The Morgan fingerprint density at radius 3 is 2.46 bits per heavy atom. The smallest absolute Gasteiger partial charge is 0.204 e. The minimum Gasteiger partial charge on any atom is -0.508 e. The highest BCUT2D eigenvalue weighted by molar-refractivity contribution is 5.94. The van der Waals surface area contributed by atoms with Crippen molar-refractivity contribution in [1.82, 2.24) is 4.98 Å². The molecule has 2 heterocycles. The second kappa shape index (κ2) is 10.2. The molecular weight excluding hydrogens is 474 g/mol. The van der Waals surface area contributed by atoms with Crippen molar-refractivity contribution >= 4 is 11.0 Å². The van der Waals surface area contributed by atoms with Crippen LogP contribution in [0.5, 0.6) is 23.0 Å². The van der Waals surface area contributed by atoms with Crippen LogP contribution < -0.4 is 14.9 Å². The van der Waals surface area contributed by atoms with Crippen molar-refractivity contribution in [3.05, 3.63) is 70.1 Å². The molecule has 8 heteroatoms. The maximum Gasteiger partial charge on any atom is 0.204 e. The van der Waals surface area contributed by atoms with E-state index in [-0.39, 0.29) is 52.6 Å². The van der Waals surface area contributed by atoms with Crippen LogP contribution in [0.4, 0.5) is 0 Å². The van der Waals surface area contributed by atoms with Crippen molar-refractivity contribution in [3.63, 3.8) is 0 Å². The van der Waals surface area contributed by atoms with Crippen LogP contribution in [0.2, 0.25) is 0 Å². The normalized spacial score (nSPS) is 15.1. The number of aromatic nitrogens is 1. The fourth-order valence-corrected chi connectivity index (χ4v) is 5.56. The predicted octanol–water partition coefficient (Wildman–Crippen LogP) is 5.22. The van der Waals surface area contributed by atoms with Crippen molar-refractivity contribution in [2.24, 2.45) is 0 Å². The summed E-state index contributed by atoms with van der Waals surface area (Å²) in [5, 5.41) is 31.0. The zero-order chi connectivity index (χ0) is 26.0. The van der Waals surface area contributed by atoms with Crippen LogP contribution in [0.15, 0.2) is 58.0 Å². The lowest BCUT2D eigenvalue weighted by molar-refractivity contribution is 0.227. The highest BCUT2D eigenvalue weighted by Gasteiger charge is 2.43. The molecular formula is C29H31NO7. The molecule has 2 aromatic heterocycles. The van der Waals surface area contributed by atoms with Crippen molar-refractivity contribution < 1.29 is 29.2 Å². The number of aliphatic hydroxyl groups excluding tert-OH is 1. The Morgan fingerprint density at radius 2 is 1.81 bits per heavy atom. The van der Waals surface area contributed by atoms with E-state index in [4.69, 9.17) is 13.9 Å². The van der Waals surface area contributed by atoms with Crippen LogP contribution in [0.3, 0.4) is 0 Å². The number of benzene rings is 2. The number of fused-ring (bicyclic) bond motifs is 1. The molecule has 37 heavy (non-hydrogen) atoms. The molecule has 194 valence electrons. The first kappa shape index (κ1) is 24.8. The Balaban J connectivity index is 1.88. The average Bonchev–Trinajstić information content (AvgIpc) is 3.45. The number of aromatic hydroxyl groups is 2. The van der Waals surface area contributed by atoms with E-state index < -0.39 is 5.41 Å². The number of hydrogen-bond acceptors (Lipinski definition) is 7. The minimum absolute atomic E-state index is 0.0746. The topological polar surface area (TPSA) is 125 Å². The van der Waals surface area contributed by atoms with Gasteiger partial charge in [0.25, 0.3) is 0 Å². The first-order chi connectivity index (χ1) is 18.0. The van der Waals surface area contributed by atoms with Crippen LogP contribution in [-0.2, 0) is 5.41 Å². The van der Waals surface area contributed by atoms with Crippen molar-refractivity contribution in [3.8, 4) is 34.3 Å². The number of hydrogen-bond donors (Lipinski definition) is 4. The second-order valence-corrected chi connectivity index (χ2v) is 9.48. The summed E-state index contributed by atoms with van der Waals surface area (Å²) in [6, 6.07) is 9.78. The van der Waals surface area contributed by atoms with Crippen molar-refractivity contribution in [1.29, 1.82) is 0 Å². The lowest BCUT2D eigenvalue weighted by Crippen LogP contribution is -2.31. The fraction of sp³-hybridized carbons (Fsp3) is 0.345. The number of nitrogens with one attached hydrogen (secondary N) is 1. The molecule has 4 N–H and O–H groups in total. The summed E-state index contributed by atoms with van der Waals surface area (Å²) in [5.41, 5.74) is 1.41. The second-order valence-electron chi connectivity index (χ2n) is 9.48. The third-order valence-electron chi connectivity index (χ3n) is 7.30. The number of ether oxygens (including phenoxy) is 2.